The number of imidazole rings is 1. The Bertz CT molecular complexity index is 988. The molecule has 4 aromatic heterocycles. The number of hydrogen-bond donors (Lipinski definition) is 3. The van der Waals surface area contributed by atoms with Gasteiger partial charge in [0.05, 0.1) is 6.20 Å². The van der Waals surface area contributed by atoms with Gasteiger partial charge in [0.2, 0.25) is 5.95 Å². The van der Waals surface area contributed by atoms with Crippen LogP contribution in [0.2, 0.25) is 0 Å². The minimum Gasteiger partial charge on any atom is -0.357 e. The molecule has 0 unspecified atom stereocenters. The van der Waals surface area contributed by atoms with Crippen LogP contribution < -0.4 is 10.6 Å². The topological polar surface area (TPSA) is 109 Å². The Morgan fingerprint density at radius 1 is 1.08 bits per heavy atom. The molecule has 24 heavy (non-hydrogen) atoms. The van der Waals surface area contributed by atoms with E-state index in [9.17, 15) is 0 Å². The maximum atomic E-state index is 4.63. The van der Waals surface area contributed by atoms with E-state index in [2.05, 4.69) is 40.8 Å². The zero-order chi connectivity index (χ0) is 16.5. The van der Waals surface area contributed by atoms with Crippen molar-refractivity contribution < 1.29 is 0 Å². The Balaban J connectivity index is 1.93. The highest BCUT2D eigenvalue weighted by atomic mass is 15.2. The highest BCUT2D eigenvalue weighted by molar-refractivity contribution is 5.75. The maximum Gasteiger partial charge on any atom is 0.226 e. The van der Waals surface area contributed by atoms with Crippen molar-refractivity contribution in [2.24, 2.45) is 0 Å². The van der Waals surface area contributed by atoms with Gasteiger partial charge in [0.1, 0.15) is 23.0 Å². The van der Waals surface area contributed by atoms with Crippen LogP contribution >= 0.6 is 0 Å². The highest BCUT2D eigenvalue weighted by Crippen LogP contribution is 2.28. The molecule has 0 fully saturated rings. The Morgan fingerprint density at radius 3 is 2.79 bits per heavy atom. The van der Waals surface area contributed by atoms with E-state index in [-0.39, 0.29) is 0 Å². The van der Waals surface area contributed by atoms with Gasteiger partial charge in [0, 0.05) is 19.3 Å². The first-order valence-corrected chi connectivity index (χ1v) is 7.39. The molecule has 0 saturated carbocycles. The van der Waals surface area contributed by atoms with Crippen molar-refractivity contribution in [1.29, 1.82) is 0 Å². The lowest BCUT2D eigenvalue weighted by atomic mass is 10.3. The van der Waals surface area contributed by atoms with Crippen LogP contribution in [0.5, 0.6) is 0 Å². The van der Waals surface area contributed by atoms with Crippen LogP contribution in [-0.4, -0.2) is 41.6 Å². The lowest BCUT2D eigenvalue weighted by Gasteiger charge is -2.07. The number of aryl methyl sites for hydroxylation is 1. The molecule has 120 valence electrons. The molecule has 0 aliphatic heterocycles. The molecule has 0 atom stereocenters. The van der Waals surface area contributed by atoms with E-state index < -0.39 is 0 Å². The van der Waals surface area contributed by atoms with E-state index in [0.717, 1.165) is 17.2 Å². The van der Waals surface area contributed by atoms with E-state index >= 15 is 0 Å². The van der Waals surface area contributed by atoms with Gasteiger partial charge in [-0.05, 0) is 19.1 Å². The zero-order valence-corrected chi connectivity index (χ0v) is 13.1. The standard InChI is InChI=1S/C15H15N9/c1-9-18-13(22-15(16-2)19-9)12-14(20-10-6-7-17-23-10)21-11-5-3-4-8-24(11)12/h3-8H,1-2H3,(H2,17,20,23)(H,16,18,19,22). The van der Waals surface area contributed by atoms with Crippen LogP contribution in [0, 0.1) is 6.92 Å². The minimum absolute atomic E-state index is 0.510. The number of aromatic nitrogens is 7. The average molecular weight is 321 g/mol. The van der Waals surface area contributed by atoms with Crippen LogP contribution in [-0.2, 0) is 0 Å². The first-order valence-electron chi connectivity index (χ1n) is 7.39. The summed E-state index contributed by atoms with van der Waals surface area (Å²) >= 11 is 0. The van der Waals surface area contributed by atoms with E-state index in [4.69, 9.17) is 0 Å². The zero-order valence-electron chi connectivity index (χ0n) is 13.1. The molecule has 0 bridgehead atoms. The van der Waals surface area contributed by atoms with Crippen LogP contribution in [0.15, 0.2) is 36.7 Å². The molecule has 9 nitrogen and oxygen atoms in total. The molecule has 0 aliphatic rings. The number of anilines is 3. The fraction of sp³-hybridized carbons (Fsp3) is 0.133. The number of rotatable bonds is 4. The van der Waals surface area contributed by atoms with Crippen molar-refractivity contribution in [2.45, 2.75) is 6.92 Å². The van der Waals surface area contributed by atoms with Crippen molar-refractivity contribution in [3.63, 3.8) is 0 Å². The fourth-order valence-corrected chi connectivity index (χ4v) is 2.45. The third-order valence-corrected chi connectivity index (χ3v) is 3.47. The number of aromatic amines is 1. The van der Waals surface area contributed by atoms with Gasteiger partial charge in [-0.3, -0.25) is 9.50 Å². The largest absolute Gasteiger partial charge is 0.357 e. The first-order chi connectivity index (χ1) is 11.7. The second-order valence-corrected chi connectivity index (χ2v) is 5.11. The molecule has 9 heteroatoms. The lowest BCUT2D eigenvalue weighted by molar-refractivity contribution is 0.973. The van der Waals surface area contributed by atoms with Crippen molar-refractivity contribution in [2.75, 3.05) is 17.7 Å². The van der Waals surface area contributed by atoms with Gasteiger partial charge in [0.15, 0.2) is 11.6 Å². The molecule has 0 radical (unpaired) electrons. The number of hydrogen-bond acceptors (Lipinski definition) is 7. The Kier molecular flexibility index (Phi) is 3.30. The summed E-state index contributed by atoms with van der Waals surface area (Å²) in [5.74, 6) is 3.04. The van der Waals surface area contributed by atoms with Gasteiger partial charge >= 0.3 is 0 Å². The molecule has 4 aromatic rings. The Morgan fingerprint density at radius 2 is 2.00 bits per heavy atom. The number of H-pyrrole nitrogens is 1. The smallest absolute Gasteiger partial charge is 0.226 e. The van der Waals surface area contributed by atoms with E-state index in [1.165, 1.54) is 0 Å². The highest BCUT2D eigenvalue weighted by Gasteiger charge is 2.18. The third-order valence-electron chi connectivity index (χ3n) is 3.47. The quantitative estimate of drug-likeness (QED) is 0.527. The van der Waals surface area contributed by atoms with Crippen LogP contribution in [0.1, 0.15) is 5.82 Å². The molecular weight excluding hydrogens is 306 g/mol. The second-order valence-electron chi connectivity index (χ2n) is 5.11. The van der Waals surface area contributed by atoms with Gasteiger partial charge in [-0.25, -0.2) is 9.97 Å². The van der Waals surface area contributed by atoms with Crippen molar-refractivity contribution >= 4 is 23.2 Å². The molecule has 0 spiro atoms. The third kappa shape index (κ3) is 2.41. The minimum atomic E-state index is 0.510. The van der Waals surface area contributed by atoms with Crippen molar-refractivity contribution in [3.8, 4) is 11.5 Å². The molecule has 0 aromatic carbocycles. The molecule has 0 saturated heterocycles. The first kappa shape index (κ1) is 14.1. The summed E-state index contributed by atoms with van der Waals surface area (Å²) in [7, 11) is 1.77. The number of fused-ring (bicyclic) bond motifs is 1. The summed E-state index contributed by atoms with van der Waals surface area (Å²) in [5.41, 5.74) is 1.54. The SMILES string of the molecule is CNc1nc(C)nc(-c2c(Nc3ccn[nH]3)nc3ccccn23)n1. The summed E-state index contributed by atoms with van der Waals surface area (Å²) < 4.78 is 1.94. The van der Waals surface area contributed by atoms with Crippen LogP contribution in [0.4, 0.5) is 17.6 Å². The molecule has 0 aliphatic carbocycles. The number of pyridine rings is 1. The van der Waals surface area contributed by atoms with Crippen molar-refractivity contribution in [1.82, 2.24) is 34.5 Å². The summed E-state index contributed by atoms with van der Waals surface area (Å²) in [5, 5.41) is 13.0. The Hall–Kier alpha value is -3.49. The van der Waals surface area contributed by atoms with E-state index in [0.29, 0.717) is 23.4 Å². The predicted octanol–water partition coefficient (Wildman–Crippen LogP) is 2.00. The lowest BCUT2D eigenvalue weighted by Crippen LogP contribution is -2.05. The molecule has 4 heterocycles. The fourth-order valence-electron chi connectivity index (χ4n) is 2.45. The van der Waals surface area contributed by atoms with Gasteiger partial charge in [-0.15, -0.1) is 0 Å². The predicted molar refractivity (Wildman–Crippen MR) is 90.2 cm³/mol. The summed E-state index contributed by atoms with van der Waals surface area (Å²) in [6, 6.07) is 7.62. The monoisotopic (exact) mass is 321 g/mol. The van der Waals surface area contributed by atoms with E-state index in [1.54, 1.807) is 13.2 Å². The van der Waals surface area contributed by atoms with Gasteiger partial charge in [-0.2, -0.15) is 15.1 Å². The van der Waals surface area contributed by atoms with Gasteiger partial charge < -0.3 is 10.6 Å². The molecular formula is C15H15N9. The van der Waals surface area contributed by atoms with E-state index in [1.807, 2.05) is 41.8 Å². The summed E-state index contributed by atoms with van der Waals surface area (Å²) in [6.07, 6.45) is 3.60. The summed E-state index contributed by atoms with van der Waals surface area (Å²) in [4.78, 5) is 17.8. The van der Waals surface area contributed by atoms with Crippen LogP contribution in [0.3, 0.4) is 0 Å². The molecule has 0 amide bonds. The average Bonchev–Trinajstić information content (AvgIpc) is 3.21. The van der Waals surface area contributed by atoms with Crippen LogP contribution in [0.25, 0.3) is 17.2 Å². The van der Waals surface area contributed by atoms with Crippen molar-refractivity contribution in [3.05, 3.63) is 42.5 Å². The second kappa shape index (κ2) is 5.61. The van der Waals surface area contributed by atoms with Gasteiger partial charge in [0.25, 0.3) is 0 Å². The number of nitrogens with one attached hydrogen (secondary N) is 3. The summed E-state index contributed by atoms with van der Waals surface area (Å²) in [6.45, 7) is 1.83. The Labute approximate surface area is 137 Å². The maximum absolute atomic E-state index is 4.63. The normalized spacial score (nSPS) is 10.9. The van der Waals surface area contributed by atoms with Gasteiger partial charge in [-0.1, -0.05) is 6.07 Å². The molecule has 4 rings (SSSR count). The molecule has 3 N–H and O–H groups in total. The number of nitrogens with zero attached hydrogens (tertiary/aromatic N) is 6.